The average Bonchev–Trinajstić information content (AvgIpc) is 2.65. The molecule has 0 radical (unpaired) electrons. The molecule has 17 heavy (non-hydrogen) atoms. The fourth-order valence-corrected chi connectivity index (χ4v) is 3.20. The van der Waals surface area contributed by atoms with E-state index < -0.39 is 0 Å². The molecule has 0 spiro atoms. The number of nitrogens with one attached hydrogen (secondary N) is 1. The van der Waals surface area contributed by atoms with Gasteiger partial charge in [-0.05, 0) is 64.8 Å². The number of nitrogens with zero attached hydrogens (tertiary/aromatic N) is 2. The van der Waals surface area contributed by atoms with E-state index in [0.29, 0.717) is 0 Å². The van der Waals surface area contributed by atoms with E-state index in [2.05, 4.69) is 29.2 Å². The molecule has 2 saturated heterocycles. The molecule has 0 aromatic carbocycles. The van der Waals surface area contributed by atoms with Crippen LogP contribution in [0.5, 0.6) is 0 Å². The van der Waals surface area contributed by atoms with Crippen molar-refractivity contribution in [1.82, 2.24) is 15.1 Å². The molecule has 0 bridgehead atoms. The van der Waals surface area contributed by atoms with Gasteiger partial charge < -0.3 is 15.1 Å². The number of likely N-dealkylation sites (tertiary alicyclic amines) is 1. The van der Waals surface area contributed by atoms with Gasteiger partial charge in [0, 0.05) is 19.6 Å². The molecular formula is C13H28ClN3. The Morgan fingerprint density at radius 1 is 1.12 bits per heavy atom. The van der Waals surface area contributed by atoms with E-state index in [1.165, 1.54) is 58.5 Å². The van der Waals surface area contributed by atoms with E-state index in [1.54, 1.807) is 0 Å². The van der Waals surface area contributed by atoms with E-state index >= 15 is 0 Å². The molecule has 0 saturated carbocycles. The molecule has 2 aliphatic heterocycles. The minimum Gasteiger partial charge on any atom is -0.317 e. The van der Waals surface area contributed by atoms with Crippen LogP contribution in [0.3, 0.4) is 0 Å². The van der Waals surface area contributed by atoms with Gasteiger partial charge in [0.05, 0.1) is 0 Å². The molecular weight excluding hydrogens is 234 g/mol. The van der Waals surface area contributed by atoms with Crippen molar-refractivity contribution in [2.75, 3.05) is 53.4 Å². The fourth-order valence-electron chi connectivity index (χ4n) is 3.20. The van der Waals surface area contributed by atoms with Crippen LogP contribution >= 0.6 is 12.4 Å². The van der Waals surface area contributed by atoms with E-state index in [-0.39, 0.29) is 12.4 Å². The minimum atomic E-state index is 0. The van der Waals surface area contributed by atoms with Crippen molar-refractivity contribution >= 4 is 12.4 Å². The van der Waals surface area contributed by atoms with Crippen LogP contribution in [-0.4, -0.2) is 63.2 Å². The second kappa shape index (κ2) is 7.57. The lowest BCUT2D eigenvalue weighted by molar-refractivity contribution is 0.213. The topological polar surface area (TPSA) is 18.5 Å². The zero-order valence-corrected chi connectivity index (χ0v) is 12.1. The minimum absolute atomic E-state index is 0. The van der Waals surface area contributed by atoms with Crippen LogP contribution in [0.1, 0.15) is 19.3 Å². The monoisotopic (exact) mass is 261 g/mol. The molecule has 4 heteroatoms. The van der Waals surface area contributed by atoms with Gasteiger partial charge in [-0.25, -0.2) is 0 Å². The van der Waals surface area contributed by atoms with E-state index in [4.69, 9.17) is 0 Å². The molecule has 102 valence electrons. The fraction of sp³-hybridized carbons (Fsp3) is 1.00. The van der Waals surface area contributed by atoms with E-state index in [9.17, 15) is 0 Å². The normalized spacial score (nSPS) is 27.4. The van der Waals surface area contributed by atoms with Crippen molar-refractivity contribution in [1.29, 1.82) is 0 Å². The molecule has 1 N–H and O–H groups in total. The van der Waals surface area contributed by atoms with Gasteiger partial charge in [0.15, 0.2) is 0 Å². The highest BCUT2D eigenvalue weighted by Crippen LogP contribution is 2.17. The van der Waals surface area contributed by atoms with Gasteiger partial charge in [-0.3, -0.25) is 0 Å². The zero-order valence-electron chi connectivity index (χ0n) is 11.3. The first-order valence-electron chi connectivity index (χ1n) is 6.82. The Hall–Kier alpha value is 0.170. The maximum atomic E-state index is 3.44. The van der Waals surface area contributed by atoms with Crippen molar-refractivity contribution in [3.63, 3.8) is 0 Å². The van der Waals surface area contributed by atoms with Crippen LogP contribution < -0.4 is 5.32 Å². The van der Waals surface area contributed by atoms with Crippen molar-refractivity contribution in [3.8, 4) is 0 Å². The Morgan fingerprint density at radius 3 is 2.35 bits per heavy atom. The van der Waals surface area contributed by atoms with Crippen LogP contribution in [0.15, 0.2) is 0 Å². The summed E-state index contributed by atoms with van der Waals surface area (Å²) in [5.74, 6) is 1.85. The predicted molar refractivity (Wildman–Crippen MR) is 75.9 cm³/mol. The Morgan fingerprint density at radius 2 is 1.76 bits per heavy atom. The molecule has 0 amide bonds. The SMILES string of the molecule is CN1CCC(CN(C)CC2CCNCC2)C1.Cl. The highest BCUT2D eigenvalue weighted by Gasteiger charge is 2.22. The summed E-state index contributed by atoms with van der Waals surface area (Å²) in [4.78, 5) is 5.03. The van der Waals surface area contributed by atoms with Crippen molar-refractivity contribution in [2.45, 2.75) is 19.3 Å². The Bertz CT molecular complexity index is 200. The third-order valence-corrected chi connectivity index (χ3v) is 4.09. The van der Waals surface area contributed by atoms with Crippen LogP contribution in [0, 0.1) is 11.8 Å². The molecule has 2 heterocycles. The molecule has 2 aliphatic rings. The molecule has 2 rings (SSSR count). The van der Waals surface area contributed by atoms with Gasteiger partial charge in [0.1, 0.15) is 0 Å². The highest BCUT2D eigenvalue weighted by atomic mass is 35.5. The largest absolute Gasteiger partial charge is 0.317 e. The Labute approximate surface area is 112 Å². The van der Waals surface area contributed by atoms with Crippen molar-refractivity contribution in [2.24, 2.45) is 11.8 Å². The molecule has 2 fully saturated rings. The highest BCUT2D eigenvalue weighted by molar-refractivity contribution is 5.85. The predicted octanol–water partition coefficient (Wildman–Crippen LogP) is 1.29. The summed E-state index contributed by atoms with van der Waals surface area (Å²) in [5.41, 5.74) is 0. The number of hydrogen-bond acceptors (Lipinski definition) is 3. The summed E-state index contributed by atoms with van der Waals surface area (Å²) >= 11 is 0. The van der Waals surface area contributed by atoms with Crippen molar-refractivity contribution in [3.05, 3.63) is 0 Å². The summed E-state index contributed by atoms with van der Waals surface area (Å²) in [5, 5.41) is 3.44. The zero-order chi connectivity index (χ0) is 11.4. The summed E-state index contributed by atoms with van der Waals surface area (Å²) in [6.07, 6.45) is 4.14. The van der Waals surface area contributed by atoms with Crippen LogP contribution in [0.4, 0.5) is 0 Å². The van der Waals surface area contributed by atoms with Gasteiger partial charge in [0.25, 0.3) is 0 Å². The first-order valence-corrected chi connectivity index (χ1v) is 6.82. The van der Waals surface area contributed by atoms with Crippen LogP contribution in [-0.2, 0) is 0 Å². The lowest BCUT2D eigenvalue weighted by atomic mass is 9.97. The Balaban J connectivity index is 0.00000144. The summed E-state index contributed by atoms with van der Waals surface area (Å²) in [6, 6.07) is 0. The molecule has 1 atom stereocenters. The van der Waals surface area contributed by atoms with E-state index in [1.807, 2.05) is 0 Å². The molecule has 0 aromatic heterocycles. The van der Waals surface area contributed by atoms with Gasteiger partial charge in [-0.15, -0.1) is 12.4 Å². The average molecular weight is 262 g/mol. The second-order valence-electron chi connectivity index (χ2n) is 5.83. The summed E-state index contributed by atoms with van der Waals surface area (Å²) in [7, 11) is 4.55. The van der Waals surface area contributed by atoms with Crippen LogP contribution in [0.25, 0.3) is 0 Å². The third-order valence-electron chi connectivity index (χ3n) is 4.09. The van der Waals surface area contributed by atoms with E-state index in [0.717, 1.165) is 11.8 Å². The van der Waals surface area contributed by atoms with Gasteiger partial charge >= 0.3 is 0 Å². The van der Waals surface area contributed by atoms with Gasteiger partial charge in [-0.1, -0.05) is 0 Å². The number of rotatable bonds is 4. The van der Waals surface area contributed by atoms with Gasteiger partial charge in [0.2, 0.25) is 0 Å². The maximum Gasteiger partial charge on any atom is 0.00194 e. The van der Waals surface area contributed by atoms with Gasteiger partial charge in [-0.2, -0.15) is 0 Å². The standard InChI is InChI=1S/C13H27N3.ClH/c1-15-8-5-13(10-15)11-16(2)9-12-3-6-14-7-4-12;/h12-14H,3-11H2,1-2H3;1H. The van der Waals surface area contributed by atoms with Crippen molar-refractivity contribution < 1.29 is 0 Å². The van der Waals surface area contributed by atoms with Crippen LogP contribution in [0.2, 0.25) is 0 Å². The number of halogens is 1. The number of piperidine rings is 1. The summed E-state index contributed by atoms with van der Waals surface area (Å²) < 4.78 is 0. The lowest BCUT2D eigenvalue weighted by Crippen LogP contribution is -2.36. The first-order chi connectivity index (χ1) is 7.74. The second-order valence-corrected chi connectivity index (χ2v) is 5.83. The quantitative estimate of drug-likeness (QED) is 0.823. The first kappa shape index (κ1) is 15.2. The molecule has 1 unspecified atom stereocenters. The smallest absolute Gasteiger partial charge is 0.00194 e. The lowest BCUT2D eigenvalue weighted by Gasteiger charge is -2.29. The molecule has 0 aliphatic carbocycles. The Kier molecular flexibility index (Phi) is 6.78. The molecule has 3 nitrogen and oxygen atoms in total. The molecule has 0 aromatic rings. The number of hydrogen-bond donors (Lipinski definition) is 1. The summed E-state index contributed by atoms with van der Waals surface area (Å²) in [6.45, 7) is 7.66. The third kappa shape index (κ3) is 5.12. The maximum absolute atomic E-state index is 3.44.